The second-order valence-corrected chi connectivity index (χ2v) is 3.49. The predicted octanol–water partition coefficient (Wildman–Crippen LogP) is 1.91. The van der Waals surface area contributed by atoms with Crippen LogP contribution in [-0.2, 0) is 4.84 Å². The third kappa shape index (κ3) is 1.67. The van der Waals surface area contributed by atoms with Gasteiger partial charge in [-0.3, -0.25) is 9.83 Å². The standard InChI is InChI=1S/C9H20N2O/c1-6-8(3,11-5)9(4,7-2)12-10/h5-7,10H2,1-4H3. The van der Waals surface area contributed by atoms with Crippen LogP contribution in [0.2, 0.25) is 0 Å². The summed E-state index contributed by atoms with van der Waals surface area (Å²) in [6.07, 6.45) is 1.70. The highest BCUT2D eigenvalue weighted by Crippen LogP contribution is 2.33. The van der Waals surface area contributed by atoms with Crippen LogP contribution < -0.4 is 5.90 Å². The summed E-state index contributed by atoms with van der Waals surface area (Å²) >= 11 is 0. The van der Waals surface area contributed by atoms with Gasteiger partial charge in [-0.15, -0.1) is 0 Å². The average Bonchev–Trinajstić information content (AvgIpc) is 2.15. The van der Waals surface area contributed by atoms with Crippen LogP contribution in [0.1, 0.15) is 40.5 Å². The van der Waals surface area contributed by atoms with Gasteiger partial charge < -0.3 is 0 Å². The Bertz CT molecular complexity index is 155. The molecule has 72 valence electrons. The minimum atomic E-state index is -0.413. The van der Waals surface area contributed by atoms with Gasteiger partial charge in [-0.25, -0.2) is 5.90 Å². The lowest BCUT2D eigenvalue weighted by molar-refractivity contribution is -0.0862. The Morgan fingerprint density at radius 1 is 1.33 bits per heavy atom. The Hall–Kier alpha value is -0.410. The molecule has 3 nitrogen and oxygen atoms in total. The highest BCUT2D eigenvalue weighted by Gasteiger charge is 2.42. The average molecular weight is 172 g/mol. The van der Waals surface area contributed by atoms with Crippen molar-refractivity contribution in [3.63, 3.8) is 0 Å². The number of hydrogen-bond acceptors (Lipinski definition) is 3. The van der Waals surface area contributed by atoms with E-state index in [4.69, 9.17) is 10.7 Å². The smallest absolute Gasteiger partial charge is 0.111 e. The van der Waals surface area contributed by atoms with Gasteiger partial charge in [0.05, 0.1) is 5.54 Å². The summed E-state index contributed by atoms with van der Waals surface area (Å²) in [6.45, 7) is 11.6. The molecular weight excluding hydrogens is 152 g/mol. The van der Waals surface area contributed by atoms with E-state index in [1.54, 1.807) is 0 Å². The molecule has 2 unspecified atom stereocenters. The van der Waals surface area contributed by atoms with Gasteiger partial charge in [0.15, 0.2) is 0 Å². The van der Waals surface area contributed by atoms with Crippen molar-refractivity contribution >= 4 is 6.72 Å². The van der Waals surface area contributed by atoms with Gasteiger partial charge in [-0.2, -0.15) is 0 Å². The van der Waals surface area contributed by atoms with Gasteiger partial charge in [0, 0.05) is 0 Å². The normalized spacial score (nSPS) is 21.1. The van der Waals surface area contributed by atoms with Crippen molar-refractivity contribution in [3.05, 3.63) is 0 Å². The van der Waals surface area contributed by atoms with Crippen molar-refractivity contribution < 1.29 is 4.84 Å². The van der Waals surface area contributed by atoms with Crippen molar-refractivity contribution in [2.75, 3.05) is 0 Å². The third-order valence-electron chi connectivity index (χ3n) is 3.11. The Labute approximate surface area is 75.0 Å². The first-order valence-electron chi connectivity index (χ1n) is 4.35. The molecule has 12 heavy (non-hydrogen) atoms. The number of rotatable bonds is 5. The van der Waals surface area contributed by atoms with E-state index < -0.39 is 5.60 Å². The van der Waals surface area contributed by atoms with Gasteiger partial charge in [-0.1, -0.05) is 13.8 Å². The molecule has 0 radical (unpaired) electrons. The summed E-state index contributed by atoms with van der Waals surface area (Å²) in [5.41, 5.74) is -0.708. The van der Waals surface area contributed by atoms with E-state index in [1.807, 2.05) is 20.8 Å². The fraction of sp³-hybridized carbons (Fsp3) is 0.889. The first-order valence-corrected chi connectivity index (χ1v) is 4.35. The molecular formula is C9H20N2O. The summed E-state index contributed by atoms with van der Waals surface area (Å²) in [7, 11) is 0. The Kier molecular flexibility index (Phi) is 3.87. The number of hydrogen-bond donors (Lipinski definition) is 1. The molecule has 0 bridgehead atoms. The predicted molar refractivity (Wildman–Crippen MR) is 52.2 cm³/mol. The summed E-state index contributed by atoms with van der Waals surface area (Å²) in [6, 6.07) is 0. The Balaban J connectivity index is 4.78. The molecule has 2 atom stereocenters. The maximum atomic E-state index is 5.27. The highest BCUT2D eigenvalue weighted by molar-refractivity contribution is 5.27. The molecule has 0 aliphatic heterocycles. The van der Waals surface area contributed by atoms with Crippen LogP contribution in [0.15, 0.2) is 4.99 Å². The summed E-state index contributed by atoms with van der Waals surface area (Å²) in [4.78, 5) is 9.10. The number of nitrogens with two attached hydrogens (primary N) is 1. The van der Waals surface area contributed by atoms with E-state index in [1.165, 1.54) is 0 Å². The van der Waals surface area contributed by atoms with Crippen LogP contribution in [0, 0.1) is 0 Å². The molecule has 3 heteroatoms. The first-order chi connectivity index (χ1) is 5.49. The monoisotopic (exact) mass is 172 g/mol. The summed E-state index contributed by atoms with van der Waals surface area (Å²) in [5, 5.41) is 0. The quantitative estimate of drug-likeness (QED) is 0.508. The molecule has 0 saturated heterocycles. The fourth-order valence-corrected chi connectivity index (χ4v) is 1.24. The van der Waals surface area contributed by atoms with Crippen LogP contribution in [0.25, 0.3) is 0 Å². The van der Waals surface area contributed by atoms with E-state index in [-0.39, 0.29) is 5.54 Å². The second-order valence-electron chi connectivity index (χ2n) is 3.49. The van der Waals surface area contributed by atoms with Gasteiger partial charge >= 0.3 is 0 Å². The van der Waals surface area contributed by atoms with Gasteiger partial charge in [0.25, 0.3) is 0 Å². The van der Waals surface area contributed by atoms with E-state index >= 15 is 0 Å². The molecule has 0 aromatic rings. The van der Waals surface area contributed by atoms with E-state index in [2.05, 4.69) is 18.6 Å². The van der Waals surface area contributed by atoms with Crippen molar-refractivity contribution in [1.82, 2.24) is 0 Å². The van der Waals surface area contributed by atoms with Crippen molar-refractivity contribution in [3.8, 4) is 0 Å². The lowest BCUT2D eigenvalue weighted by Crippen LogP contribution is -2.51. The molecule has 0 aromatic heterocycles. The zero-order valence-electron chi connectivity index (χ0n) is 8.55. The molecule has 0 rings (SSSR count). The minimum Gasteiger partial charge on any atom is -0.296 e. The summed E-state index contributed by atoms with van der Waals surface area (Å²) < 4.78 is 0. The van der Waals surface area contributed by atoms with E-state index in [0.717, 1.165) is 12.8 Å². The highest BCUT2D eigenvalue weighted by atomic mass is 16.6. The SMILES string of the molecule is C=NC(C)(CC)C(C)(CC)ON. The van der Waals surface area contributed by atoms with Gasteiger partial charge in [0.2, 0.25) is 0 Å². The minimum absolute atomic E-state index is 0.295. The van der Waals surface area contributed by atoms with Crippen molar-refractivity contribution in [2.24, 2.45) is 10.9 Å². The van der Waals surface area contributed by atoms with Gasteiger partial charge in [0.1, 0.15) is 5.60 Å². The summed E-state index contributed by atoms with van der Waals surface area (Å²) in [5.74, 6) is 5.27. The third-order valence-corrected chi connectivity index (χ3v) is 3.11. The van der Waals surface area contributed by atoms with Crippen LogP contribution in [0.5, 0.6) is 0 Å². The number of aliphatic imine (C=N–C) groups is 1. The molecule has 0 aliphatic carbocycles. The van der Waals surface area contributed by atoms with Crippen LogP contribution >= 0.6 is 0 Å². The second kappa shape index (κ2) is 4.01. The molecule has 0 aromatic carbocycles. The maximum absolute atomic E-state index is 5.27. The first kappa shape index (κ1) is 11.6. The van der Waals surface area contributed by atoms with Crippen LogP contribution in [-0.4, -0.2) is 17.9 Å². The van der Waals surface area contributed by atoms with E-state index in [0.29, 0.717) is 0 Å². The van der Waals surface area contributed by atoms with Crippen molar-refractivity contribution in [2.45, 2.75) is 51.7 Å². The molecule has 0 heterocycles. The van der Waals surface area contributed by atoms with Crippen LogP contribution in [0.4, 0.5) is 0 Å². The lowest BCUT2D eigenvalue weighted by atomic mass is 9.79. The molecule has 0 fully saturated rings. The van der Waals surface area contributed by atoms with Crippen LogP contribution in [0.3, 0.4) is 0 Å². The Morgan fingerprint density at radius 3 is 1.92 bits per heavy atom. The zero-order valence-corrected chi connectivity index (χ0v) is 8.55. The largest absolute Gasteiger partial charge is 0.296 e. The van der Waals surface area contributed by atoms with E-state index in [9.17, 15) is 0 Å². The topological polar surface area (TPSA) is 47.6 Å². The number of nitrogens with zero attached hydrogens (tertiary/aromatic N) is 1. The molecule has 0 saturated carbocycles. The Morgan fingerprint density at radius 2 is 1.83 bits per heavy atom. The van der Waals surface area contributed by atoms with Crippen molar-refractivity contribution in [1.29, 1.82) is 0 Å². The van der Waals surface area contributed by atoms with Gasteiger partial charge in [-0.05, 0) is 33.4 Å². The lowest BCUT2D eigenvalue weighted by Gasteiger charge is -2.40. The zero-order chi connectivity index (χ0) is 9.83. The molecule has 0 spiro atoms. The molecule has 2 N–H and O–H groups in total. The maximum Gasteiger partial charge on any atom is 0.111 e. The molecule has 0 amide bonds. The fourth-order valence-electron chi connectivity index (χ4n) is 1.24. The molecule has 0 aliphatic rings.